The molecule has 4 rings (SSSR count). The molecule has 1 aliphatic rings. The number of hydrogen-bond donors (Lipinski definition) is 1. The van der Waals surface area contributed by atoms with E-state index in [2.05, 4.69) is 30.9 Å². The van der Waals surface area contributed by atoms with Gasteiger partial charge in [0.2, 0.25) is 0 Å². The van der Waals surface area contributed by atoms with Crippen molar-refractivity contribution in [1.82, 2.24) is 15.1 Å². The van der Waals surface area contributed by atoms with E-state index < -0.39 is 0 Å². The second-order valence-electron chi connectivity index (χ2n) is 8.10. The molecule has 2 N–H and O–H groups in total. The smallest absolute Gasteiger partial charge is 0.191 e. The molecule has 7 heteroatoms. The topological polar surface area (TPSA) is 77.8 Å². The maximum atomic E-state index is 6.33. The molecule has 1 unspecified atom stereocenters. The van der Waals surface area contributed by atoms with Crippen molar-refractivity contribution in [2.75, 3.05) is 5.73 Å². The van der Waals surface area contributed by atoms with E-state index in [0.29, 0.717) is 28.1 Å². The fourth-order valence-corrected chi connectivity index (χ4v) is 5.71. The van der Waals surface area contributed by atoms with Crippen LogP contribution in [0.2, 0.25) is 0 Å². The minimum absolute atomic E-state index is 0.335. The molecule has 0 saturated carbocycles. The van der Waals surface area contributed by atoms with Gasteiger partial charge in [-0.05, 0) is 43.1 Å². The summed E-state index contributed by atoms with van der Waals surface area (Å²) in [5.74, 6) is 2.82. The third-order valence-corrected chi connectivity index (χ3v) is 7.20. The molecule has 0 aromatic carbocycles. The number of rotatable bonds is 3. The fourth-order valence-electron chi connectivity index (χ4n) is 3.61. The van der Waals surface area contributed by atoms with Gasteiger partial charge in [-0.2, -0.15) is 0 Å². The van der Waals surface area contributed by atoms with Crippen molar-refractivity contribution in [1.29, 1.82) is 0 Å². The molecule has 0 aliphatic heterocycles. The SMILES string of the molecule is Cc1cc(CSc2nc(N)c3c4c(sc3n2)CC(C(C)(C)C)CC4)no1. The van der Waals surface area contributed by atoms with Crippen LogP contribution in [-0.4, -0.2) is 15.1 Å². The summed E-state index contributed by atoms with van der Waals surface area (Å²) >= 11 is 3.34. The van der Waals surface area contributed by atoms with Crippen molar-refractivity contribution < 1.29 is 4.52 Å². The quantitative estimate of drug-likeness (QED) is 0.502. The summed E-state index contributed by atoms with van der Waals surface area (Å²) in [6, 6.07) is 1.94. The Morgan fingerprint density at radius 2 is 2.15 bits per heavy atom. The summed E-state index contributed by atoms with van der Waals surface area (Å²) in [6.07, 6.45) is 3.42. The Kier molecular flexibility index (Phi) is 4.47. The maximum absolute atomic E-state index is 6.33. The van der Waals surface area contributed by atoms with Crippen molar-refractivity contribution in [2.45, 2.75) is 57.9 Å². The molecule has 26 heavy (non-hydrogen) atoms. The predicted molar refractivity (Wildman–Crippen MR) is 108 cm³/mol. The number of nitrogen functional groups attached to an aromatic ring is 1. The molecule has 0 amide bonds. The maximum Gasteiger partial charge on any atom is 0.191 e. The van der Waals surface area contributed by atoms with Crippen LogP contribution in [0.15, 0.2) is 15.7 Å². The molecule has 0 radical (unpaired) electrons. The number of aromatic nitrogens is 3. The van der Waals surface area contributed by atoms with Crippen LogP contribution in [0, 0.1) is 18.3 Å². The lowest BCUT2D eigenvalue weighted by Gasteiger charge is -2.33. The molecule has 138 valence electrons. The van der Waals surface area contributed by atoms with Gasteiger partial charge in [-0.15, -0.1) is 11.3 Å². The zero-order valence-corrected chi connectivity index (χ0v) is 17.3. The highest BCUT2D eigenvalue weighted by molar-refractivity contribution is 7.98. The first-order chi connectivity index (χ1) is 12.3. The number of nitrogens with two attached hydrogens (primary N) is 1. The van der Waals surface area contributed by atoms with E-state index in [-0.39, 0.29) is 0 Å². The van der Waals surface area contributed by atoms with Crippen LogP contribution < -0.4 is 5.73 Å². The number of nitrogens with zero attached hydrogens (tertiary/aromatic N) is 3. The van der Waals surface area contributed by atoms with E-state index >= 15 is 0 Å². The molecule has 0 bridgehead atoms. The van der Waals surface area contributed by atoms with Crippen LogP contribution in [0.25, 0.3) is 10.2 Å². The van der Waals surface area contributed by atoms with E-state index in [9.17, 15) is 0 Å². The van der Waals surface area contributed by atoms with Gasteiger partial charge in [-0.25, -0.2) is 9.97 Å². The Hall–Kier alpha value is -1.60. The first-order valence-corrected chi connectivity index (χ1v) is 10.7. The lowest BCUT2D eigenvalue weighted by molar-refractivity contribution is 0.218. The van der Waals surface area contributed by atoms with Crippen LogP contribution in [0.5, 0.6) is 0 Å². The number of fused-ring (bicyclic) bond motifs is 3. The Labute approximate surface area is 161 Å². The lowest BCUT2D eigenvalue weighted by Crippen LogP contribution is -2.26. The van der Waals surface area contributed by atoms with E-state index in [1.54, 1.807) is 23.1 Å². The van der Waals surface area contributed by atoms with Crippen molar-refractivity contribution in [2.24, 2.45) is 11.3 Å². The molecule has 0 fully saturated rings. The van der Waals surface area contributed by atoms with E-state index in [1.165, 1.54) is 16.9 Å². The predicted octanol–water partition coefficient (Wildman–Crippen LogP) is 5.01. The van der Waals surface area contributed by atoms with Gasteiger partial charge in [-0.3, -0.25) is 0 Å². The zero-order chi connectivity index (χ0) is 18.5. The van der Waals surface area contributed by atoms with Crippen LogP contribution in [0.3, 0.4) is 0 Å². The Morgan fingerprint density at radius 1 is 1.35 bits per heavy atom. The molecule has 3 aromatic heterocycles. The first kappa shape index (κ1) is 17.8. The third kappa shape index (κ3) is 3.34. The van der Waals surface area contributed by atoms with Gasteiger partial charge in [0.05, 0.1) is 11.1 Å². The number of anilines is 1. The molecule has 3 heterocycles. The highest BCUT2D eigenvalue weighted by Gasteiger charge is 2.31. The van der Waals surface area contributed by atoms with Crippen molar-refractivity contribution in [3.05, 3.63) is 28.0 Å². The summed E-state index contributed by atoms with van der Waals surface area (Å²) < 4.78 is 5.11. The van der Waals surface area contributed by atoms with Crippen molar-refractivity contribution in [3.63, 3.8) is 0 Å². The number of hydrogen-bond acceptors (Lipinski definition) is 7. The summed E-state index contributed by atoms with van der Waals surface area (Å²) in [7, 11) is 0. The van der Waals surface area contributed by atoms with Gasteiger partial charge in [0.15, 0.2) is 5.16 Å². The lowest BCUT2D eigenvalue weighted by atomic mass is 9.72. The Morgan fingerprint density at radius 3 is 2.85 bits per heavy atom. The monoisotopic (exact) mass is 388 g/mol. The minimum atomic E-state index is 0.335. The van der Waals surface area contributed by atoms with Gasteiger partial charge < -0.3 is 10.3 Å². The molecule has 0 spiro atoms. The summed E-state index contributed by atoms with van der Waals surface area (Å²) in [5.41, 5.74) is 8.94. The number of thiophene rings is 1. The molecular formula is C19H24N4OS2. The van der Waals surface area contributed by atoms with Crippen LogP contribution >= 0.6 is 23.1 Å². The Bertz CT molecular complexity index is 954. The molecule has 3 aromatic rings. The highest BCUT2D eigenvalue weighted by atomic mass is 32.2. The van der Waals surface area contributed by atoms with Gasteiger partial charge in [0.25, 0.3) is 0 Å². The summed E-state index contributed by atoms with van der Waals surface area (Å²) in [4.78, 5) is 11.8. The summed E-state index contributed by atoms with van der Waals surface area (Å²) in [6.45, 7) is 8.91. The molecular weight excluding hydrogens is 364 g/mol. The first-order valence-electron chi connectivity index (χ1n) is 8.94. The third-order valence-electron chi connectivity index (χ3n) is 5.17. The number of thioether (sulfide) groups is 1. The minimum Gasteiger partial charge on any atom is -0.383 e. The Balaban J connectivity index is 1.62. The number of aryl methyl sites for hydroxylation is 2. The molecule has 1 aliphatic carbocycles. The van der Waals surface area contributed by atoms with Crippen molar-refractivity contribution >= 4 is 39.1 Å². The van der Waals surface area contributed by atoms with Crippen LogP contribution in [-0.2, 0) is 18.6 Å². The normalized spacial score (nSPS) is 17.6. The fraction of sp³-hybridized carbons (Fsp3) is 0.526. The van der Waals surface area contributed by atoms with Crippen LogP contribution in [0.1, 0.15) is 49.1 Å². The van der Waals surface area contributed by atoms with Gasteiger partial charge >= 0.3 is 0 Å². The van der Waals surface area contributed by atoms with E-state index in [4.69, 9.17) is 15.2 Å². The molecule has 1 atom stereocenters. The average Bonchev–Trinajstić information content (AvgIpc) is 3.14. The van der Waals surface area contributed by atoms with E-state index in [0.717, 1.165) is 34.5 Å². The van der Waals surface area contributed by atoms with Crippen molar-refractivity contribution in [3.8, 4) is 0 Å². The largest absolute Gasteiger partial charge is 0.383 e. The average molecular weight is 389 g/mol. The van der Waals surface area contributed by atoms with Gasteiger partial charge in [0, 0.05) is 16.7 Å². The molecule has 0 saturated heterocycles. The second kappa shape index (κ2) is 6.53. The van der Waals surface area contributed by atoms with E-state index in [1.807, 2.05) is 13.0 Å². The van der Waals surface area contributed by atoms with Gasteiger partial charge in [0.1, 0.15) is 16.4 Å². The zero-order valence-electron chi connectivity index (χ0n) is 15.6. The highest BCUT2D eigenvalue weighted by Crippen LogP contribution is 2.44. The molecule has 5 nitrogen and oxygen atoms in total. The summed E-state index contributed by atoms with van der Waals surface area (Å²) in [5, 5.41) is 5.81. The van der Waals surface area contributed by atoms with Crippen LogP contribution in [0.4, 0.5) is 5.82 Å². The van der Waals surface area contributed by atoms with Gasteiger partial charge in [-0.1, -0.05) is 37.7 Å². The second-order valence-corrected chi connectivity index (χ2v) is 10.1. The standard InChI is InChI=1S/C19H24N4OS2/c1-10-7-12(23-24-10)9-25-18-21-16(20)15-13-6-5-11(19(2,3)4)8-14(13)26-17(15)22-18/h7,11H,5-6,8-9H2,1-4H3,(H2,20,21,22).